The summed E-state index contributed by atoms with van der Waals surface area (Å²) in [5.74, 6) is 0.521. The fraction of sp³-hybridized carbons (Fsp3) is 0.500. The molecule has 394 valence electrons. The molecule has 3 heterocycles. The molecule has 0 unspecified atom stereocenters. The van der Waals surface area contributed by atoms with Gasteiger partial charge in [0, 0.05) is 43.2 Å². The molecule has 0 radical (unpaired) electrons. The largest absolute Gasteiger partial charge is 0.311 e. The Morgan fingerprint density at radius 1 is 0.526 bits per heavy atom. The molecule has 0 amide bonds. The molecule has 5 aliphatic carbocycles. The summed E-state index contributed by atoms with van der Waals surface area (Å²) in [4.78, 5) is 5.69. The van der Waals surface area contributed by atoms with Crippen molar-refractivity contribution in [1.82, 2.24) is 0 Å². The lowest BCUT2D eigenvalue weighted by molar-refractivity contribution is 0.332. The molecule has 6 aromatic rings. The second kappa shape index (κ2) is 16.9. The number of thiophene rings is 1. The Morgan fingerprint density at radius 2 is 1.09 bits per heavy atom. The van der Waals surface area contributed by atoms with E-state index in [1.54, 1.807) is 16.7 Å². The second-order valence-electron chi connectivity index (χ2n) is 30.2. The highest BCUT2D eigenvalue weighted by molar-refractivity contribution is 7.33. The topological polar surface area (TPSA) is 6.48 Å². The molecule has 76 heavy (non-hydrogen) atoms. The van der Waals surface area contributed by atoms with E-state index in [1.807, 2.05) is 0 Å². The standard InChI is InChI=1S/C72H87BN2S/c1-66(2,3)47-26-29-58(49(38-47)45-24-20-17-21-25-45)75-59-42-55-54(70(10,11)33-34-71(55,12)13)41-57(59)73-63-60(36-46(37-61(63)75)44-22-18-16-19-23-44)74(48-27-28-51-52(39-48)68(6,7)31-30-67(51,4)5)64-50-40-53-56(43-62(50)76-65(64)73)72(14,15)35-32-69(53,8)9/h20,24-29,36-44H,16-19,21-23,30-35H2,1-15H3. The van der Waals surface area contributed by atoms with Crippen LogP contribution in [0.4, 0.5) is 34.1 Å². The number of anilines is 6. The van der Waals surface area contributed by atoms with Crippen LogP contribution in [0.5, 0.6) is 0 Å². The predicted octanol–water partition coefficient (Wildman–Crippen LogP) is 19.1. The summed E-state index contributed by atoms with van der Waals surface area (Å²) in [5, 5.41) is 1.44. The Hall–Kier alpha value is -4.80. The van der Waals surface area contributed by atoms with E-state index < -0.39 is 0 Å². The van der Waals surface area contributed by atoms with Crippen LogP contribution in [0, 0.1) is 0 Å². The van der Waals surface area contributed by atoms with Crippen LogP contribution in [0.25, 0.3) is 15.7 Å². The highest BCUT2D eigenvalue weighted by Gasteiger charge is 2.50. The molecule has 0 bridgehead atoms. The minimum atomic E-state index is 0.00620. The Bertz CT molecular complexity index is 3480. The first-order chi connectivity index (χ1) is 35.8. The maximum absolute atomic E-state index is 2.85. The molecule has 0 saturated heterocycles. The highest BCUT2D eigenvalue weighted by atomic mass is 32.1. The van der Waals surface area contributed by atoms with Gasteiger partial charge in [-0.2, -0.15) is 0 Å². The quantitative estimate of drug-likeness (QED) is 0.162. The van der Waals surface area contributed by atoms with Crippen molar-refractivity contribution in [3.63, 3.8) is 0 Å². The molecule has 4 heteroatoms. The summed E-state index contributed by atoms with van der Waals surface area (Å²) in [6, 6.07) is 31.8. The zero-order valence-corrected chi connectivity index (χ0v) is 50.1. The van der Waals surface area contributed by atoms with Gasteiger partial charge in [-0.3, -0.25) is 0 Å². The molecule has 0 spiro atoms. The van der Waals surface area contributed by atoms with Crippen molar-refractivity contribution in [2.45, 2.75) is 231 Å². The zero-order chi connectivity index (χ0) is 53.4. The SMILES string of the molecule is CC(C)(C)c1ccc(N2c3cc4c(cc3B3c5sc6cc7c(cc6c5N(c5ccc6c(c5)C(C)(C)CCC6(C)C)c5cc(C6CCCCC6)cc2c53)C(C)(C)CCC7(C)C)C(C)(C)CCC4(C)C)c(C2=CCCC=C2)c1. The lowest BCUT2D eigenvalue weighted by Gasteiger charge is -2.48. The zero-order valence-electron chi connectivity index (χ0n) is 49.3. The van der Waals surface area contributed by atoms with Gasteiger partial charge in [-0.15, -0.1) is 11.3 Å². The Morgan fingerprint density at radius 3 is 1.70 bits per heavy atom. The van der Waals surface area contributed by atoms with Gasteiger partial charge >= 0.3 is 0 Å². The first-order valence-electron chi connectivity index (χ1n) is 30.0. The second-order valence-corrected chi connectivity index (χ2v) is 31.3. The van der Waals surface area contributed by atoms with E-state index in [4.69, 9.17) is 0 Å². The Balaban J connectivity index is 1.20. The summed E-state index contributed by atoms with van der Waals surface area (Å²) in [5.41, 5.74) is 26.6. The normalized spacial score (nSPS) is 22.2. The van der Waals surface area contributed by atoms with Gasteiger partial charge in [0.2, 0.25) is 0 Å². The first-order valence-corrected chi connectivity index (χ1v) is 30.8. The molecule has 13 rings (SSSR count). The van der Waals surface area contributed by atoms with Crippen molar-refractivity contribution in [2.24, 2.45) is 0 Å². The molecule has 7 aliphatic rings. The van der Waals surface area contributed by atoms with Crippen molar-refractivity contribution in [3.8, 4) is 0 Å². The molecule has 5 aromatic carbocycles. The van der Waals surface area contributed by atoms with Gasteiger partial charge in [-0.1, -0.05) is 160 Å². The van der Waals surface area contributed by atoms with E-state index >= 15 is 0 Å². The maximum Gasteiger partial charge on any atom is 0.264 e. The van der Waals surface area contributed by atoms with E-state index in [9.17, 15) is 0 Å². The molecule has 2 nitrogen and oxygen atoms in total. The van der Waals surface area contributed by atoms with Gasteiger partial charge in [0.25, 0.3) is 6.71 Å². The molecular formula is C72H87BN2S. The summed E-state index contributed by atoms with van der Waals surface area (Å²) in [7, 11) is 0. The average molecular weight is 1020 g/mol. The smallest absolute Gasteiger partial charge is 0.264 e. The molecular weight excluding hydrogens is 936 g/mol. The monoisotopic (exact) mass is 1020 g/mol. The molecule has 2 aliphatic heterocycles. The van der Waals surface area contributed by atoms with Gasteiger partial charge in [-0.05, 0) is 224 Å². The molecule has 0 atom stereocenters. The molecule has 0 N–H and O–H groups in total. The minimum absolute atomic E-state index is 0.00620. The summed E-state index contributed by atoms with van der Waals surface area (Å²) >= 11 is 2.12. The fourth-order valence-corrected chi connectivity index (χ4v) is 17.1. The lowest BCUT2D eigenvalue weighted by atomic mass is 9.35. The van der Waals surface area contributed by atoms with Crippen LogP contribution < -0.4 is 25.5 Å². The van der Waals surface area contributed by atoms with Crippen molar-refractivity contribution in [3.05, 3.63) is 141 Å². The minimum Gasteiger partial charge on any atom is -0.311 e. The van der Waals surface area contributed by atoms with Crippen LogP contribution in [-0.2, 0) is 37.9 Å². The number of rotatable bonds is 4. The third-order valence-corrected chi connectivity index (χ3v) is 22.4. The van der Waals surface area contributed by atoms with Crippen molar-refractivity contribution < 1.29 is 0 Å². The third kappa shape index (κ3) is 7.72. The number of hydrogen-bond donors (Lipinski definition) is 0. The average Bonchev–Trinajstić information content (AvgIpc) is 3.81. The van der Waals surface area contributed by atoms with Gasteiger partial charge in [0.15, 0.2) is 0 Å². The van der Waals surface area contributed by atoms with Crippen LogP contribution >= 0.6 is 11.3 Å². The van der Waals surface area contributed by atoms with Gasteiger partial charge < -0.3 is 9.80 Å². The van der Waals surface area contributed by atoms with Crippen molar-refractivity contribution in [2.75, 3.05) is 9.80 Å². The van der Waals surface area contributed by atoms with Gasteiger partial charge in [-0.25, -0.2) is 0 Å². The predicted molar refractivity (Wildman–Crippen MR) is 333 cm³/mol. The van der Waals surface area contributed by atoms with Crippen LogP contribution in [0.15, 0.2) is 91.0 Å². The molecule has 1 saturated carbocycles. The molecule has 1 fully saturated rings. The Labute approximate surface area is 463 Å². The van der Waals surface area contributed by atoms with E-state index in [0.29, 0.717) is 5.92 Å². The van der Waals surface area contributed by atoms with Crippen LogP contribution in [-0.4, -0.2) is 6.71 Å². The number of allylic oxidation sites excluding steroid dienone is 4. The number of benzene rings is 5. The third-order valence-electron chi connectivity index (χ3n) is 21.2. The van der Waals surface area contributed by atoms with Crippen LogP contribution in [0.1, 0.15) is 243 Å². The Kier molecular flexibility index (Phi) is 11.2. The lowest BCUT2D eigenvalue weighted by Crippen LogP contribution is -2.61. The summed E-state index contributed by atoms with van der Waals surface area (Å²) < 4.78 is 2.96. The number of fused-ring (bicyclic) bond motifs is 9. The van der Waals surface area contributed by atoms with Gasteiger partial charge in [0.1, 0.15) is 0 Å². The number of hydrogen-bond acceptors (Lipinski definition) is 3. The number of nitrogens with zero attached hydrogens (tertiary/aromatic N) is 2. The van der Waals surface area contributed by atoms with Gasteiger partial charge in [0.05, 0.1) is 11.4 Å². The van der Waals surface area contributed by atoms with Crippen LogP contribution in [0.2, 0.25) is 0 Å². The van der Waals surface area contributed by atoms with E-state index in [2.05, 4.69) is 216 Å². The maximum atomic E-state index is 2.85. The van der Waals surface area contributed by atoms with Crippen molar-refractivity contribution in [1.29, 1.82) is 0 Å². The van der Waals surface area contributed by atoms with Crippen LogP contribution in [0.3, 0.4) is 0 Å². The van der Waals surface area contributed by atoms with E-state index in [-0.39, 0.29) is 44.6 Å². The summed E-state index contributed by atoms with van der Waals surface area (Å²) in [6.45, 7) is 37.4. The molecule has 1 aromatic heterocycles. The van der Waals surface area contributed by atoms with Crippen molar-refractivity contribution >= 4 is 83.5 Å². The van der Waals surface area contributed by atoms with E-state index in [1.165, 1.54) is 169 Å². The van der Waals surface area contributed by atoms with E-state index in [0.717, 1.165) is 12.8 Å². The fourth-order valence-electron chi connectivity index (χ4n) is 15.8. The first kappa shape index (κ1) is 50.7. The highest BCUT2D eigenvalue weighted by Crippen LogP contribution is 2.57. The summed E-state index contributed by atoms with van der Waals surface area (Å²) in [6.07, 6.45) is 23.2.